The van der Waals surface area contributed by atoms with Gasteiger partial charge in [-0.15, -0.1) is 0 Å². The van der Waals surface area contributed by atoms with Crippen LogP contribution in [0.15, 0.2) is 48.6 Å². The standard InChI is InChI=1S/C27H38F2O/c1-3-5-21-7-9-23(10-8-21)19-27(28,29)30-20-24-13-17-26(18-14-24)25-15-11-22(6-4-2)12-16-25/h3-6,13-14,17-18,21-23,25H,7-12,15-16,19-20H2,1-2H3/b5-3+,6-4+/t21-,22-,23-,25-. The Labute approximate surface area is 181 Å². The molecule has 2 fully saturated rings. The maximum absolute atomic E-state index is 14.4. The van der Waals surface area contributed by atoms with E-state index in [0.29, 0.717) is 11.8 Å². The first-order valence-electron chi connectivity index (χ1n) is 11.9. The van der Waals surface area contributed by atoms with Crippen molar-refractivity contribution in [3.05, 3.63) is 59.7 Å². The van der Waals surface area contributed by atoms with E-state index in [1.165, 1.54) is 31.2 Å². The number of allylic oxidation sites excluding steroid dienone is 4. The van der Waals surface area contributed by atoms with E-state index in [0.717, 1.165) is 37.2 Å². The molecule has 3 rings (SSSR count). The van der Waals surface area contributed by atoms with E-state index in [1.807, 2.05) is 19.1 Å². The van der Waals surface area contributed by atoms with E-state index in [2.05, 4.69) is 43.4 Å². The monoisotopic (exact) mass is 416 g/mol. The van der Waals surface area contributed by atoms with Gasteiger partial charge in [0.1, 0.15) is 0 Å². The van der Waals surface area contributed by atoms with E-state index >= 15 is 0 Å². The summed E-state index contributed by atoms with van der Waals surface area (Å²) in [6.45, 7) is 4.09. The molecule has 166 valence electrons. The SMILES string of the molecule is C/C=C/[C@H]1CC[C@H](CC(F)(F)OCc2ccc([C@H]3CC[C@H](/C=C/C)CC3)cc2)CC1. The molecular formula is C27H38F2O. The first-order valence-corrected chi connectivity index (χ1v) is 11.9. The molecule has 2 saturated carbocycles. The Kier molecular flexibility index (Phi) is 8.68. The summed E-state index contributed by atoms with van der Waals surface area (Å²) in [5, 5.41) is 0. The zero-order chi connectivity index (χ0) is 21.4. The Morgan fingerprint density at radius 1 is 0.833 bits per heavy atom. The molecular weight excluding hydrogens is 378 g/mol. The Balaban J connectivity index is 1.43. The van der Waals surface area contributed by atoms with Crippen molar-refractivity contribution in [3.8, 4) is 0 Å². The molecule has 3 heteroatoms. The summed E-state index contributed by atoms with van der Waals surface area (Å²) in [6.07, 6.45) is 14.2. The zero-order valence-electron chi connectivity index (χ0n) is 18.7. The highest BCUT2D eigenvalue weighted by Gasteiger charge is 2.35. The summed E-state index contributed by atoms with van der Waals surface area (Å²) in [7, 11) is 0. The van der Waals surface area contributed by atoms with Gasteiger partial charge in [0.15, 0.2) is 0 Å². The van der Waals surface area contributed by atoms with Crippen LogP contribution >= 0.6 is 0 Å². The fourth-order valence-corrected chi connectivity index (χ4v) is 5.24. The van der Waals surface area contributed by atoms with Crippen LogP contribution in [0.25, 0.3) is 0 Å². The summed E-state index contributed by atoms with van der Waals surface area (Å²) < 4.78 is 33.8. The smallest absolute Gasteiger partial charge is 0.316 e. The second-order valence-corrected chi connectivity index (χ2v) is 9.32. The largest absolute Gasteiger partial charge is 0.356 e. The lowest BCUT2D eigenvalue weighted by Gasteiger charge is -2.29. The number of alkyl halides is 2. The average molecular weight is 417 g/mol. The van der Waals surface area contributed by atoms with Gasteiger partial charge < -0.3 is 4.74 Å². The molecule has 0 saturated heterocycles. The van der Waals surface area contributed by atoms with Crippen molar-refractivity contribution in [2.75, 3.05) is 0 Å². The predicted octanol–water partition coefficient (Wildman–Crippen LogP) is 8.42. The quantitative estimate of drug-likeness (QED) is 0.386. The van der Waals surface area contributed by atoms with E-state index in [1.54, 1.807) is 0 Å². The summed E-state index contributed by atoms with van der Waals surface area (Å²) >= 11 is 0. The Morgan fingerprint density at radius 3 is 1.90 bits per heavy atom. The topological polar surface area (TPSA) is 9.23 Å². The van der Waals surface area contributed by atoms with Crippen molar-refractivity contribution in [3.63, 3.8) is 0 Å². The lowest BCUT2D eigenvalue weighted by atomic mass is 9.78. The minimum absolute atomic E-state index is 0.0186. The molecule has 30 heavy (non-hydrogen) atoms. The van der Waals surface area contributed by atoms with Crippen molar-refractivity contribution in [2.24, 2.45) is 17.8 Å². The number of rotatable bonds is 8. The number of ether oxygens (including phenoxy) is 1. The Hall–Kier alpha value is -1.48. The van der Waals surface area contributed by atoms with Crippen LogP contribution < -0.4 is 0 Å². The molecule has 2 aliphatic carbocycles. The molecule has 0 amide bonds. The van der Waals surface area contributed by atoms with Crippen LogP contribution in [0.5, 0.6) is 0 Å². The fraction of sp³-hybridized carbons (Fsp3) is 0.630. The van der Waals surface area contributed by atoms with Gasteiger partial charge in [-0.1, -0.05) is 48.6 Å². The summed E-state index contributed by atoms with van der Waals surface area (Å²) in [6, 6.07) is 8.15. The second kappa shape index (κ2) is 11.2. The maximum Gasteiger partial charge on any atom is 0.356 e. The molecule has 0 radical (unpaired) electrons. The van der Waals surface area contributed by atoms with Crippen molar-refractivity contribution in [2.45, 2.75) is 90.3 Å². The van der Waals surface area contributed by atoms with Crippen LogP contribution in [0.3, 0.4) is 0 Å². The highest BCUT2D eigenvalue weighted by molar-refractivity contribution is 5.25. The van der Waals surface area contributed by atoms with Gasteiger partial charge in [0, 0.05) is 6.42 Å². The van der Waals surface area contributed by atoms with Crippen LogP contribution in [0.4, 0.5) is 8.78 Å². The Morgan fingerprint density at radius 2 is 1.37 bits per heavy atom. The van der Waals surface area contributed by atoms with Crippen LogP contribution in [0.2, 0.25) is 0 Å². The highest BCUT2D eigenvalue weighted by Crippen LogP contribution is 2.38. The van der Waals surface area contributed by atoms with E-state index in [-0.39, 0.29) is 18.9 Å². The molecule has 0 unspecified atom stereocenters. The molecule has 0 spiro atoms. The van der Waals surface area contributed by atoms with Gasteiger partial charge >= 0.3 is 6.11 Å². The van der Waals surface area contributed by atoms with Gasteiger partial charge in [-0.2, -0.15) is 8.78 Å². The first-order chi connectivity index (χ1) is 14.5. The molecule has 1 aromatic carbocycles. The molecule has 0 heterocycles. The molecule has 1 nitrogen and oxygen atoms in total. The molecule has 0 N–H and O–H groups in total. The third kappa shape index (κ3) is 7.04. The summed E-state index contributed by atoms with van der Waals surface area (Å²) in [5.41, 5.74) is 2.17. The lowest BCUT2D eigenvalue weighted by molar-refractivity contribution is -0.256. The first kappa shape index (κ1) is 23.2. The van der Waals surface area contributed by atoms with Crippen LogP contribution in [0, 0.1) is 17.8 Å². The predicted molar refractivity (Wildman–Crippen MR) is 121 cm³/mol. The molecule has 2 aliphatic rings. The molecule has 1 aromatic rings. The maximum atomic E-state index is 14.4. The van der Waals surface area contributed by atoms with E-state index < -0.39 is 6.11 Å². The fourth-order valence-electron chi connectivity index (χ4n) is 5.24. The molecule has 0 atom stereocenters. The van der Waals surface area contributed by atoms with Crippen molar-refractivity contribution >= 4 is 0 Å². The van der Waals surface area contributed by atoms with Gasteiger partial charge in [-0.25, -0.2) is 0 Å². The molecule has 0 bridgehead atoms. The molecule has 0 aliphatic heterocycles. The van der Waals surface area contributed by atoms with E-state index in [4.69, 9.17) is 4.74 Å². The third-order valence-corrected chi connectivity index (χ3v) is 7.02. The number of hydrogen-bond donors (Lipinski definition) is 0. The molecule has 0 aromatic heterocycles. The summed E-state index contributed by atoms with van der Waals surface area (Å²) in [5.74, 6) is 1.96. The van der Waals surface area contributed by atoms with E-state index in [9.17, 15) is 8.78 Å². The zero-order valence-corrected chi connectivity index (χ0v) is 18.7. The van der Waals surface area contributed by atoms with Crippen LogP contribution in [-0.4, -0.2) is 6.11 Å². The normalized spacial score (nSPS) is 28.4. The number of halogens is 2. The van der Waals surface area contributed by atoms with Crippen molar-refractivity contribution in [1.82, 2.24) is 0 Å². The summed E-state index contributed by atoms with van der Waals surface area (Å²) in [4.78, 5) is 0. The van der Waals surface area contributed by atoms with Crippen molar-refractivity contribution < 1.29 is 13.5 Å². The van der Waals surface area contributed by atoms with Gasteiger partial charge in [0.05, 0.1) is 6.61 Å². The second-order valence-electron chi connectivity index (χ2n) is 9.32. The van der Waals surface area contributed by atoms with Crippen LogP contribution in [0.1, 0.15) is 88.7 Å². The van der Waals surface area contributed by atoms with Gasteiger partial charge in [0.25, 0.3) is 0 Å². The average Bonchev–Trinajstić information content (AvgIpc) is 2.75. The Bertz CT molecular complexity index is 675. The minimum atomic E-state index is -3.04. The van der Waals surface area contributed by atoms with Crippen molar-refractivity contribution in [1.29, 1.82) is 0 Å². The van der Waals surface area contributed by atoms with Gasteiger partial charge in [-0.3, -0.25) is 0 Å². The van der Waals surface area contributed by atoms with Gasteiger partial charge in [0.2, 0.25) is 0 Å². The van der Waals surface area contributed by atoms with Crippen LogP contribution in [-0.2, 0) is 11.3 Å². The lowest BCUT2D eigenvalue weighted by Crippen LogP contribution is -2.26. The minimum Gasteiger partial charge on any atom is -0.316 e. The number of hydrogen-bond acceptors (Lipinski definition) is 1. The third-order valence-electron chi connectivity index (χ3n) is 7.02. The number of benzene rings is 1. The van der Waals surface area contributed by atoms with Gasteiger partial charge in [-0.05, 0) is 100 Å². The highest BCUT2D eigenvalue weighted by atomic mass is 19.3.